The molecule has 2 heterocycles. The van der Waals surface area contributed by atoms with Gasteiger partial charge in [-0.15, -0.1) is 0 Å². The van der Waals surface area contributed by atoms with Gasteiger partial charge in [0.05, 0.1) is 48.8 Å². The van der Waals surface area contributed by atoms with Gasteiger partial charge in [-0.1, -0.05) is 46.0 Å². The highest BCUT2D eigenvalue weighted by atomic mass is 79.9. The molecule has 0 bridgehead atoms. The summed E-state index contributed by atoms with van der Waals surface area (Å²) in [5, 5.41) is 0. The second-order valence-corrected chi connectivity index (χ2v) is 10.9. The summed E-state index contributed by atoms with van der Waals surface area (Å²) in [4.78, 5) is 32.4. The predicted octanol–water partition coefficient (Wildman–Crippen LogP) is 4.93. The number of carbonyl (C=O) groups excluding carboxylic acids is 1. The highest BCUT2D eigenvalue weighted by molar-refractivity contribution is 9.10. The molecule has 1 aliphatic heterocycles. The lowest BCUT2D eigenvalue weighted by molar-refractivity contribution is -0.139. The number of allylic oxidation sites excluding steroid dienone is 1. The van der Waals surface area contributed by atoms with Crippen LogP contribution < -0.4 is 33.8 Å². The van der Waals surface area contributed by atoms with E-state index >= 15 is 0 Å². The molecule has 0 spiro atoms. The van der Waals surface area contributed by atoms with Gasteiger partial charge in [0.15, 0.2) is 27.8 Å². The number of aromatic nitrogens is 1. The minimum Gasteiger partial charge on any atom is -0.493 e. The first-order valence-electron chi connectivity index (χ1n) is 13.5. The largest absolute Gasteiger partial charge is 0.493 e. The Morgan fingerprint density at radius 1 is 1.05 bits per heavy atom. The zero-order valence-corrected chi connectivity index (χ0v) is 26.6. The maximum Gasteiger partial charge on any atom is 0.338 e. The summed E-state index contributed by atoms with van der Waals surface area (Å²) in [5.41, 5.74) is 1.82. The van der Waals surface area contributed by atoms with Gasteiger partial charge < -0.3 is 23.7 Å². The van der Waals surface area contributed by atoms with Crippen molar-refractivity contribution in [3.05, 3.63) is 89.5 Å². The van der Waals surface area contributed by atoms with Crippen LogP contribution in [0, 0.1) is 0 Å². The highest BCUT2D eigenvalue weighted by Gasteiger charge is 2.34. The second kappa shape index (κ2) is 13.9. The first kappa shape index (κ1) is 31.1. The first-order valence-corrected chi connectivity index (χ1v) is 15.1. The summed E-state index contributed by atoms with van der Waals surface area (Å²) in [5.74, 6) is 1.61. The lowest BCUT2D eigenvalue weighted by Gasteiger charge is -2.25. The number of esters is 1. The van der Waals surface area contributed by atoms with Crippen LogP contribution in [0.2, 0.25) is 0 Å². The molecule has 0 saturated heterocycles. The maximum absolute atomic E-state index is 14.1. The third-order valence-electron chi connectivity index (χ3n) is 6.33. The summed E-state index contributed by atoms with van der Waals surface area (Å²) >= 11 is 4.82. The van der Waals surface area contributed by atoms with Crippen LogP contribution in [-0.4, -0.2) is 44.1 Å². The highest BCUT2D eigenvalue weighted by Crippen LogP contribution is 2.37. The van der Waals surface area contributed by atoms with E-state index < -0.39 is 12.0 Å². The third kappa shape index (κ3) is 6.32. The van der Waals surface area contributed by atoms with Crippen LogP contribution in [0.4, 0.5) is 0 Å². The van der Waals surface area contributed by atoms with Gasteiger partial charge in [0.1, 0.15) is 6.61 Å². The van der Waals surface area contributed by atoms with E-state index in [4.69, 9.17) is 23.7 Å². The van der Waals surface area contributed by atoms with Crippen LogP contribution in [0.5, 0.6) is 23.0 Å². The molecule has 0 saturated carbocycles. The summed E-state index contributed by atoms with van der Waals surface area (Å²) in [6.07, 6.45) is 3.41. The number of thiazole rings is 1. The predicted molar refractivity (Wildman–Crippen MR) is 166 cm³/mol. The monoisotopic (exact) mass is 656 g/mol. The van der Waals surface area contributed by atoms with E-state index in [1.54, 1.807) is 51.3 Å². The number of fused-ring (bicyclic) bond motifs is 1. The minimum atomic E-state index is -0.798. The zero-order valence-electron chi connectivity index (χ0n) is 24.2. The van der Waals surface area contributed by atoms with Crippen molar-refractivity contribution in [1.82, 2.24) is 4.57 Å². The molecule has 0 aliphatic carbocycles. The van der Waals surface area contributed by atoms with E-state index in [9.17, 15) is 9.59 Å². The van der Waals surface area contributed by atoms with Gasteiger partial charge >= 0.3 is 5.97 Å². The van der Waals surface area contributed by atoms with Gasteiger partial charge in [-0.25, -0.2) is 9.79 Å². The van der Waals surface area contributed by atoms with Gasteiger partial charge in [-0.2, -0.15) is 0 Å². The molecule has 1 atom stereocenters. The van der Waals surface area contributed by atoms with Crippen molar-refractivity contribution >= 4 is 39.3 Å². The van der Waals surface area contributed by atoms with Crippen molar-refractivity contribution in [3.8, 4) is 23.0 Å². The molecule has 222 valence electrons. The molecular weight excluding hydrogens is 624 g/mol. The summed E-state index contributed by atoms with van der Waals surface area (Å²) in [7, 11) is 1.56. The molecule has 9 nitrogen and oxygen atoms in total. The molecule has 11 heteroatoms. The third-order valence-corrected chi connectivity index (χ3v) is 8.00. The topological polar surface area (TPSA) is 97.6 Å². The molecule has 0 N–H and O–H groups in total. The van der Waals surface area contributed by atoms with Crippen LogP contribution in [0.25, 0.3) is 6.08 Å². The Hall–Kier alpha value is -3.83. The van der Waals surface area contributed by atoms with Gasteiger partial charge in [0, 0.05) is 4.47 Å². The van der Waals surface area contributed by atoms with E-state index in [2.05, 4.69) is 27.5 Å². The number of carbonyl (C=O) groups is 1. The van der Waals surface area contributed by atoms with Crippen molar-refractivity contribution in [2.75, 3.05) is 33.5 Å². The van der Waals surface area contributed by atoms with Crippen molar-refractivity contribution in [1.29, 1.82) is 0 Å². The van der Waals surface area contributed by atoms with Crippen molar-refractivity contribution in [3.63, 3.8) is 0 Å². The van der Waals surface area contributed by atoms with Crippen LogP contribution >= 0.6 is 27.3 Å². The molecule has 42 heavy (non-hydrogen) atoms. The Morgan fingerprint density at radius 2 is 1.76 bits per heavy atom. The summed E-state index contributed by atoms with van der Waals surface area (Å²) in [6, 6.07) is 8.18. The number of benzene rings is 2. The molecule has 4 rings (SSSR count). The Kier molecular flexibility index (Phi) is 10.3. The average molecular weight is 658 g/mol. The van der Waals surface area contributed by atoms with Gasteiger partial charge in [-0.3, -0.25) is 9.36 Å². The zero-order chi connectivity index (χ0) is 30.4. The molecule has 3 aromatic rings. The number of halogens is 1. The van der Waals surface area contributed by atoms with Crippen LogP contribution in [0.15, 0.2) is 68.5 Å². The van der Waals surface area contributed by atoms with Crippen molar-refractivity contribution in [2.45, 2.75) is 33.7 Å². The Morgan fingerprint density at radius 3 is 2.40 bits per heavy atom. The molecule has 0 amide bonds. The number of nitrogens with zero attached hydrogens (tertiary/aromatic N) is 2. The normalized spacial score (nSPS) is 14.6. The second-order valence-electron chi connectivity index (χ2n) is 9.00. The quantitative estimate of drug-likeness (QED) is 0.201. The van der Waals surface area contributed by atoms with Gasteiger partial charge in [0.25, 0.3) is 5.56 Å². The number of rotatable bonds is 12. The van der Waals surface area contributed by atoms with Crippen LogP contribution in [0.3, 0.4) is 0 Å². The van der Waals surface area contributed by atoms with E-state index in [0.29, 0.717) is 63.4 Å². The molecular formula is C31H33BrN2O7S. The van der Waals surface area contributed by atoms with E-state index in [1.165, 1.54) is 15.9 Å². The number of hydrogen-bond donors (Lipinski definition) is 0. The molecule has 0 unspecified atom stereocenters. The smallest absolute Gasteiger partial charge is 0.338 e. The lowest BCUT2D eigenvalue weighted by atomic mass is 9.95. The number of ether oxygens (including phenoxy) is 5. The molecule has 2 aromatic carbocycles. The van der Waals surface area contributed by atoms with E-state index in [-0.39, 0.29) is 17.7 Å². The Bertz CT molecular complexity index is 1710. The number of hydrogen-bond acceptors (Lipinski definition) is 9. The van der Waals surface area contributed by atoms with Gasteiger partial charge in [0.2, 0.25) is 0 Å². The van der Waals surface area contributed by atoms with Crippen molar-refractivity contribution in [2.24, 2.45) is 4.99 Å². The average Bonchev–Trinajstić information content (AvgIpc) is 3.27. The molecule has 0 radical (unpaired) electrons. The minimum absolute atomic E-state index is 0.179. The SMILES string of the molecule is C=CCOc1ccc([C@H]2C(C(=O)OCC)=C(C)N=c3s/c(=C/c4cc(OC)c(OCC)cc4Br)c(=O)n32)cc1OCC. The molecule has 0 fully saturated rings. The van der Waals surface area contributed by atoms with E-state index in [0.717, 1.165) is 10.0 Å². The fourth-order valence-corrected chi connectivity index (χ4v) is 6.04. The Balaban J connectivity index is 1.94. The summed E-state index contributed by atoms with van der Waals surface area (Å²) < 4.78 is 30.9. The summed E-state index contributed by atoms with van der Waals surface area (Å²) in [6.45, 7) is 12.3. The van der Waals surface area contributed by atoms with Crippen LogP contribution in [-0.2, 0) is 9.53 Å². The fraction of sp³-hybridized carbons (Fsp3) is 0.323. The lowest BCUT2D eigenvalue weighted by Crippen LogP contribution is -2.40. The van der Waals surface area contributed by atoms with E-state index in [1.807, 2.05) is 26.0 Å². The van der Waals surface area contributed by atoms with Crippen molar-refractivity contribution < 1.29 is 28.5 Å². The fourth-order valence-electron chi connectivity index (χ4n) is 4.57. The standard InChI is InChI=1S/C31H33BrN2O7S/c1-7-13-41-22-12-11-19(14-24(22)38-8-2)28-27(30(36)40-10-4)18(5)33-31-34(28)29(35)26(42-31)16-20-15-23(37-6)25(39-9-3)17-21(20)32/h7,11-12,14-17,28H,1,8-10,13H2,2-6H3/b26-16+/t28-/m0/s1. The Labute approximate surface area is 256 Å². The first-order chi connectivity index (χ1) is 20.3. The molecule has 1 aliphatic rings. The molecule has 1 aromatic heterocycles. The maximum atomic E-state index is 14.1. The van der Waals surface area contributed by atoms with Gasteiger partial charge in [-0.05, 0) is 69.2 Å². The van der Waals surface area contributed by atoms with Crippen LogP contribution in [0.1, 0.15) is 44.9 Å². The number of methoxy groups -OCH3 is 1.